The van der Waals surface area contributed by atoms with Crippen LogP contribution in [0.5, 0.6) is 0 Å². The van der Waals surface area contributed by atoms with Crippen molar-refractivity contribution in [1.82, 2.24) is 0 Å². The number of hydrogen-bond acceptors (Lipinski definition) is 4. The van der Waals surface area contributed by atoms with Gasteiger partial charge in [0.2, 0.25) is 0 Å². The number of rotatable bonds is 4. The number of hydrogen-bond donors (Lipinski definition) is 3. The number of allylic oxidation sites excluding steroid dienone is 1. The molecule has 0 aromatic heterocycles. The molecule has 34 heavy (non-hydrogen) atoms. The second-order valence-electron chi connectivity index (χ2n) is 14.1. The molecule has 0 amide bonds. The highest BCUT2D eigenvalue weighted by Crippen LogP contribution is 2.70. The van der Waals surface area contributed by atoms with Crippen LogP contribution >= 0.6 is 0 Å². The van der Waals surface area contributed by atoms with Gasteiger partial charge >= 0.3 is 0 Å². The van der Waals surface area contributed by atoms with E-state index >= 15 is 0 Å². The highest BCUT2D eigenvalue weighted by atomic mass is 17.1. The molecule has 4 nitrogen and oxygen atoms in total. The lowest BCUT2D eigenvalue weighted by molar-refractivity contribution is -0.311. The Balaban J connectivity index is 2.30. The molecule has 3 aliphatic carbocycles. The van der Waals surface area contributed by atoms with Crippen molar-refractivity contribution >= 4 is 0 Å². The smallest absolute Gasteiger partial charge is 0.126 e. The second-order valence-corrected chi connectivity index (χ2v) is 14.1. The first-order chi connectivity index (χ1) is 15.5. The van der Waals surface area contributed by atoms with Crippen LogP contribution in [0.15, 0.2) is 11.1 Å². The average molecular weight is 478 g/mol. The van der Waals surface area contributed by atoms with E-state index in [2.05, 4.69) is 76.2 Å². The van der Waals surface area contributed by atoms with Gasteiger partial charge in [0.15, 0.2) is 0 Å². The molecule has 2 fully saturated rings. The molecular weight excluding hydrogens is 422 g/mol. The molecule has 3 rings (SSSR count). The van der Waals surface area contributed by atoms with Crippen LogP contribution in [0.1, 0.15) is 95.9 Å². The molecule has 2 saturated carbocycles. The third-order valence-electron chi connectivity index (χ3n) is 12.8. The van der Waals surface area contributed by atoms with Crippen molar-refractivity contribution in [3.8, 4) is 0 Å². The summed E-state index contributed by atoms with van der Waals surface area (Å²) in [5.41, 5.74) is 9.16. The van der Waals surface area contributed by atoms with E-state index in [0.717, 1.165) is 6.42 Å². The van der Waals surface area contributed by atoms with E-state index in [1.54, 1.807) is 6.92 Å². The van der Waals surface area contributed by atoms with Crippen LogP contribution in [-0.2, 0) is 4.89 Å². The topological polar surface area (TPSA) is 75.7 Å². The number of aliphatic hydroxyl groups is 1. The highest BCUT2D eigenvalue weighted by molar-refractivity contribution is 5.34. The van der Waals surface area contributed by atoms with Crippen molar-refractivity contribution in [2.24, 2.45) is 69.3 Å². The van der Waals surface area contributed by atoms with E-state index in [1.807, 2.05) is 0 Å². The SMILES string of the molecule is CC1=C2C(C)C(C)[C@]3(C)C(C)CC(C)C(C)C3C(C)C(C)(CC1[C@@H](OO)C(O)C(C)N)C2(C)C. The Morgan fingerprint density at radius 3 is 2.06 bits per heavy atom. The van der Waals surface area contributed by atoms with Gasteiger partial charge in [-0.1, -0.05) is 80.4 Å². The van der Waals surface area contributed by atoms with E-state index in [4.69, 9.17) is 10.6 Å². The molecule has 198 valence electrons. The minimum Gasteiger partial charge on any atom is -0.389 e. The van der Waals surface area contributed by atoms with Gasteiger partial charge < -0.3 is 10.8 Å². The molecule has 0 heterocycles. The zero-order valence-electron chi connectivity index (χ0n) is 24.1. The zero-order chi connectivity index (χ0) is 26.1. The summed E-state index contributed by atoms with van der Waals surface area (Å²) >= 11 is 0. The first-order valence-corrected chi connectivity index (χ1v) is 13.9. The largest absolute Gasteiger partial charge is 0.389 e. The van der Waals surface area contributed by atoms with Gasteiger partial charge in [0.1, 0.15) is 6.10 Å². The van der Waals surface area contributed by atoms with Crippen LogP contribution in [0.2, 0.25) is 0 Å². The van der Waals surface area contributed by atoms with Crippen molar-refractivity contribution in [2.45, 2.75) is 114 Å². The summed E-state index contributed by atoms with van der Waals surface area (Å²) in [6.45, 7) is 29.0. The van der Waals surface area contributed by atoms with Crippen LogP contribution in [0, 0.1) is 63.6 Å². The lowest BCUT2D eigenvalue weighted by Gasteiger charge is -2.68. The molecule has 0 aliphatic heterocycles. The van der Waals surface area contributed by atoms with E-state index in [9.17, 15) is 10.4 Å². The second kappa shape index (κ2) is 9.15. The molecule has 3 aliphatic rings. The summed E-state index contributed by atoms with van der Waals surface area (Å²) < 4.78 is 0. The molecule has 4 N–H and O–H groups in total. The van der Waals surface area contributed by atoms with Crippen molar-refractivity contribution in [2.75, 3.05) is 0 Å². The summed E-state index contributed by atoms with van der Waals surface area (Å²) in [6.07, 6.45) is 0.558. The Hall–Kier alpha value is -0.420. The Labute approximate surface area is 210 Å². The Morgan fingerprint density at radius 1 is 1.00 bits per heavy atom. The molecule has 0 aromatic rings. The molecular formula is C30H55NO3. The lowest BCUT2D eigenvalue weighted by Crippen LogP contribution is -2.62. The Kier molecular flexibility index (Phi) is 7.58. The van der Waals surface area contributed by atoms with Crippen LogP contribution in [0.3, 0.4) is 0 Å². The third-order valence-corrected chi connectivity index (χ3v) is 12.8. The minimum absolute atomic E-state index is 0.00490. The summed E-state index contributed by atoms with van der Waals surface area (Å²) in [4.78, 5) is 5.05. The molecule has 0 spiro atoms. The van der Waals surface area contributed by atoms with Gasteiger partial charge in [0.05, 0.1) is 6.10 Å². The lowest BCUT2D eigenvalue weighted by atomic mass is 9.37. The fourth-order valence-corrected chi connectivity index (χ4v) is 9.79. The Bertz CT molecular complexity index is 790. The van der Waals surface area contributed by atoms with Gasteiger partial charge in [-0.15, -0.1) is 0 Å². The summed E-state index contributed by atoms with van der Waals surface area (Å²) in [7, 11) is 0. The fourth-order valence-electron chi connectivity index (χ4n) is 9.79. The summed E-state index contributed by atoms with van der Waals surface area (Å²) in [5.74, 6) is 4.03. The summed E-state index contributed by atoms with van der Waals surface area (Å²) in [5, 5.41) is 21.0. The Morgan fingerprint density at radius 2 is 1.56 bits per heavy atom. The maximum Gasteiger partial charge on any atom is 0.126 e. The number of aliphatic hydroxyl groups excluding tert-OH is 1. The van der Waals surface area contributed by atoms with Gasteiger partial charge in [0.25, 0.3) is 0 Å². The predicted octanol–water partition coefficient (Wildman–Crippen LogP) is 6.78. The van der Waals surface area contributed by atoms with E-state index < -0.39 is 18.2 Å². The number of fused-ring (bicyclic) bond motifs is 3. The first kappa shape index (κ1) is 28.2. The molecule has 13 atom stereocenters. The molecule has 4 heteroatoms. The predicted molar refractivity (Wildman–Crippen MR) is 141 cm³/mol. The van der Waals surface area contributed by atoms with Gasteiger partial charge in [-0.25, -0.2) is 4.89 Å². The van der Waals surface area contributed by atoms with Crippen LogP contribution in [-0.4, -0.2) is 28.6 Å². The van der Waals surface area contributed by atoms with Crippen LogP contribution in [0.25, 0.3) is 0 Å². The highest BCUT2D eigenvalue weighted by Gasteiger charge is 2.64. The van der Waals surface area contributed by atoms with E-state index in [-0.39, 0.29) is 22.2 Å². The maximum atomic E-state index is 11.0. The third kappa shape index (κ3) is 3.68. The van der Waals surface area contributed by atoms with Gasteiger partial charge in [-0.2, -0.15) is 0 Å². The van der Waals surface area contributed by atoms with Crippen molar-refractivity contribution in [3.05, 3.63) is 11.1 Å². The molecule has 0 radical (unpaired) electrons. The fraction of sp³-hybridized carbons (Fsp3) is 0.933. The first-order valence-electron chi connectivity index (χ1n) is 13.9. The van der Waals surface area contributed by atoms with Gasteiger partial charge in [-0.05, 0) is 84.4 Å². The van der Waals surface area contributed by atoms with Crippen molar-refractivity contribution in [1.29, 1.82) is 0 Å². The molecule has 0 aromatic carbocycles. The standard InChI is InChI=1S/C30H55NO3/c1-15-13-16(2)30(12)20(6)18(4)24-19(5)23(27(34-33)26(32)22(8)31)14-29(11,28(24,9)10)21(7)25(30)17(15)3/h15-18,20-23,25-27,32-33H,13-14,31H2,1-12H3/t15?,16?,17?,18?,20?,21?,22?,23?,25?,26?,27-,29?,30+/m1/s1. The number of nitrogens with two attached hydrogens (primary N) is 1. The van der Waals surface area contributed by atoms with Gasteiger partial charge in [-0.3, -0.25) is 5.26 Å². The molecule has 0 saturated heterocycles. The van der Waals surface area contributed by atoms with E-state index in [0.29, 0.717) is 41.4 Å². The zero-order valence-corrected chi connectivity index (χ0v) is 24.1. The minimum atomic E-state index is -0.915. The quantitative estimate of drug-likeness (QED) is 0.237. The van der Waals surface area contributed by atoms with E-state index in [1.165, 1.54) is 17.6 Å². The maximum absolute atomic E-state index is 11.0. The van der Waals surface area contributed by atoms with Gasteiger partial charge in [0, 0.05) is 12.0 Å². The van der Waals surface area contributed by atoms with Crippen molar-refractivity contribution in [3.63, 3.8) is 0 Å². The molecule has 2 bridgehead atoms. The van der Waals surface area contributed by atoms with Crippen LogP contribution in [0.4, 0.5) is 0 Å². The normalized spacial score (nSPS) is 49.5. The van der Waals surface area contributed by atoms with Crippen molar-refractivity contribution < 1.29 is 15.3 Å². The van der Waals surface area contributed by atoms with Crippen LogP contribution < -0.4 is 5.73 Å². The molecule has 11 unspecified atom stereocenters. The monoisotopic (exact) mass is 477 g/mol. The summed E-state index contributed by atoms with van der Waals surface area (Å²) in [6, 6.07) is -0.473. The average Bonchev–Trinajstić information content (AvgIpc) is 2.74.